The Balaban J connectivity index is 2.91. The molecule has 0 saturated carbocycles. The summed E-state index contributed by atoms with van der Waals surface area (Å²) < 4.78 is 17.6. The van der Waals surface area contributed by atoms with Crippen molar-refractivity contribution < 1.29 is 13.9 Å². The predicted molar refractivity (Wildman–Crippen MR) is 60.2 cm³/mol. The van der Waals surface area contributed by atoms with Crippen LogP contribution in [0.1, 0.15) is 5.56 Å². The maximum atomic E-state index is 12.0. The summed E-state index contributed by atoms with van der Waals surface area (Å²) in [7, 11) is 0. The fourth-order valence-corrected chi connectivity index (χ4v) is 1.65. The van der Waals surface area contributed by atoms with Crippen molar-refractivity contribution in [2.45, 2.75) is 6.42 Å². The molecule has 0 fully saturated rings. The summed E-state index contributed by atoms with van der Waals surface area (Å²) in [5, 5.41) is 0. The van der Waals surface area contributed by atoms with Crippen molar-refractivity contribution in [2.24, 2.45) is 0 Å². The number of halogens is 3. The van der Waals surface area contributed by atoms with E-state index in [0.717, 1.165) is 4.47 Å². The number of rotatable bonds is 5. The van der Waals surface area contributed by atoms with Gasteiger partial charge in [0, 0.05) is 16.5 Å². The lowest BCUT2D eigenvalue weighted by atomic mass is 10.1. The average molecular weight is 296 g/mol. The average Bonchev–Trinajstić information content (AvgIpc) is 2.22. The summed E-state index contributed by atoms with van der Waals surface area (Å²) in [4.78, 5) is 11.2. The number of ketones is 1. The Morgan fingerprint density at radius 2 is 2.27 bits per heavy atom. The summed E-state index contributed by atoms with van der Waals surface area (Å²) in [5.74, 6) is 0.194. The number of benzene rings is 1. The maximum absolute atomic E-state index is 12.0. The SMILES string of the molecule is O=C(CCl)Cc1cc(Br)ccc1OCF. The molecule has 0 atom stereocenters. The zero-order chi connectivity index (χ0) is 11.3. The van der Waals surface area contributed by atoms with Gasteiger partial charge in [0.2, 0.25) is 6.86 Å². The lowest BCUT2D eigenvalue weighted by Gasteiger charge is -2.08. The van der Waals surface area contributed by atoms with Crippen LogP contribution in [0.25, 0.3) is 0 Å². The fourth-order valence-electron chi connectivity index (χ4n) is 1.15. The molecule has 15 heavy (non-hydrogen) atoms. The van der Waals surface area contributed by atoms with Crippen LogP contribution in [-0.4, -0.2) is 18.5 Å². The maximum Gasteiger partial charge on any atom is 0.228 e. The molecule has 0 spiro atoms. The molecule has 0 aliphatic carbocycles. The molecule has 0 amide bonds. The quantitative estimate of drug-likeness (QED) is 0.780. The van der Waals surface area contributed by atoms with Gasteiger partial charge in [0.05, 0.1) is 5.88 Å². The molecule has 1 aromatic rings. The summed E-state index contributed by atoms with van der Waals surface area (Å²) in [6, 6.07) is 5.05. The van der Waals surface area contributed by atoms with E-state index in [0.29, 0.717) is 11.3 Å². The minimum absolute atomic E-state index is 0.0540. The fraction of sp³-hybridized carbons (Fsp3) is 0.300. The van der Waals surface area contributed by atoms with Crippen LogP contribution in [0.3, 0.4) is 0 Å². The highest BCUT2D eigenvalue weighted by Gasteiger charge is 2.09. The first kappa shape index (κ1) is 12.5. The largest absolute Gasteiger partial charge is 0.463 e. The number of carbonyl (C=O) groups excluding carboxylic acids is 1. The van der Waals surface area contributed by atoms with Gasteiger partial charge in [0.15, 0.2) is 5.78 Å². The van der Waals surface area contributed by atoms with Crippen LogP contribution >= 0.6 is 27.5 Å². The first-order chi connectivity index (χ1) is 7.17. The topological polar surface area (TPSA) is 26.3 Å². The molecule has 0 saturated heterocycles. The molecule has 0 aliphatic heterocycles. The molecule has 0 N–H and O–H groups in total. The van der Waals surface area contributed by atoms with E-state index in [2.05, 4.69) is 15.9 Å². The Hall–Kier alpha value is -0.610. The Morgan fingerprint density at radius 1 is 1.53 bits per heavy atom. The second-order valence-corrected chi connectivity index (χ2v) is 4.04. The molecule has 1 aromatic carbocycles. The predicted octanol–water partition coefficient (Wildman–Crippen LogP) is 3.11. The smallest absolute Gasteiger partial charge is 0.228 e. The van der Waals surface area contributed by atoms with Gasteiger partial charge in [0.25, 0.3) is 0 Å². The number of Topliss-reactive ketones (excluding diaryl/α,β-unsaturated/α-hetero) is 1. The van der Waals surface area contributed by atoms with Gasteiger partial charge < -0.3 is 4.74 Å². The van der Waals surface area contributed by atoms with Gasteiger partial charge in [-0.15, -0.1) is 11.6 Å². The second kappa shape index (κ2) is 6.08. The van der Waals surface area contributed by atoms with Crippen molar-refractivity contribution >= 4 is 33.3 Å². The molecular weight excluding hydrogens is 286 g/mol. The van der Waals surface area contributed by atoms with Crippen LogP contribution in [0.15, 0.2) is 22.7 Å². The Bertz CT molecular complexity index is 357. The van der Waals surface area contributed by atoms with Crippen LogP contribution in [0.4, 0.5) is 4.39 Å². The highest BCUT2D eigenvalue weighted by molar-refractivity contribution is 9.10. The van der Waals surface area contributed by atoms with Crippen molar-refractivity contribution in [2.75, 3.05) is 12.7 Å². The van der Waals surface area contributed by atoms with Crippen molar-refractivity contribution in [1.29, 1.82) is 0 Å². The number of hydrogen-bond acceptors (Lipinski definition) is 2. The van der Waals surface area contributed by atoms with Crippen molar-refractivity contribution in [3.63, 3.8) is 0 Å². The van der Waals surface area contributed by atoms with E-state index < -0.39 is 6.86 Å². The number of ether oxygens (including phenoxy) is 1. The van der Waals surface area contributed by atoms with Crippen LogP contribution in [0, 0.1) is 0 Å². The molecule has 0 aliphatic rings. The molecule has 2 nitrogen and oxygen atoms in total. The number of carbonyl (C=O) groups is 1. The van der Waals surface area contributed by atoms with Gasteiger partial charge >= 0.3 is 0 Å². The highest BCUT2D eigenvalue weighted by atomic mass is 79.9. The molecule has 1 rings (SSSR count). The molecule has 82 valence electrons. The number of hydrogen-bond donors (Lipinski definition) is 0. The minimum atomic E-state index is -0.913. The van der Waals surface area contributed by atoms with E-state index in [4.69, 9.17) is 16.3 Å². The standard InChI is InChI=1S/C10H9BrClFO2/c11-8-1-2-10(15-6-13)7(3-8)4-9(14)5-12/h1-3H,4-6H2. The first-order valence-electron chi connectivity index (χ1n) is 4.22. The van der Waals surface area contributed by atoms with Gasteiger partial charge in [-0.25, -0.2) is 4.39 Å². The lowest BCUT2D eigenvalue weighted by Crippen LogP contribution is -2.06. The van der Waals surface area contributed by atoms with Crippen LogP contribution in [-0.2, 0) is 11.2 Å². The summed E-state index contributed by atoms with van der Waals surface area (Å²) in [6.45, 7) is -0.913. The van der Waals surface area contributed by atoms with Gasteiger partial charge in [-0.2, -0.15) is 0 Å². The van der Waals surface area contributed by atoms with E-state index in [1.807, 2.05) is 0 Å². The third-order valence-electron chi connectivity index (χ3n) is 1.77. The molecule has 0 bridgehead atoms. The third kappa shape index (κ3) is 3.80. The van der Waals surface area contributed by atoms with E-state index in [1.54, 1.807) is 18.2 Å². The van der Waals surface area contributed by atoms with Gasteiger partial charge in [-0.05, 0) is 18.2 Å². The molecule has 0 radical (unpaired) electrons. The third-order valence-corrected chi connectivity index (χ3v) is 2.56. The Kier molecular flexibility index (Phi) is 5.05. The summed E-state index contributed by atoms with van der Waals surface area (Å²) in [6.07, 6.45) is 0.151. The van der Waals surface area contributed by atoms with Crippen LogP contribution in [0.2, 0.25) is 0 Å². The van der Waals surface area contributed by atoms with E-state index >= 15 is 0 Å². The Labute approximate surface area is 101 Å². The van der Waals surface area contributed by atoms with E-state index in [1.165, 1.54) is 0 Å². The normalized spacial score (nSPS) is 10.1. The van der Waals surface area contributed by atoms with Gasteiger partial charge in [-0.1, -0.05) is 15.9 Å². The van der Waals surface area contributed by atoms with Gasteiger partial charge in [-0.3, -0.25) is 4.79 Å². The Morgan fingerprint density at radius 3 is 2.87 bits per heavy atom. The van der Waals surface area contributed by atoms with Crippen molar-refractivity contribution in [1.82, 2.24) is 0 Å². The van der Waals surface area contributed by atoms with Gasteiger partial charge in [0.1, 0.15) is 5.75 Å². The molecular formula is C10H9BrClFO2. The van der Waals surface area contributed by atoms with Crippen LogP contribution in [0.5, 0.6) is 5.75 Å². The zero-order valence-electron chi connectivity index (χ0n) is 7.80. The molecule has 0 heterocycles. The zero-order valence-corrected chi connectivity index (χ0v) is 10.1. The van der Waals surface area contributed by atoms with Crippen molar-refractivity contribution in [3.05, 3.63) is 28.2 Å². The lowest BCUT2D eigenvalue weighted by molar-refractivity contribution is -0.116. The second-order valence-electron chi connectivity index (χ2n) is 2.85. The number of alkyl halides is 2. The highest BCUT2D eigenvalue weighted by Crippen LogP contribution is 2.24. The molecule has 0 unspecified atom stereocenters. The monoisotopic (exact) mass is 294 g/mol. The van der Waals surface area contributed by atoms with E-state index in [-0.39, 0.29) is 18.1 Å². The molecule has 5 heteroatoms. The first-order valence-corrected chi connectivity index (χ1v) is 5.55. The summed E-state index contributed by atoms with van der Waals surface area (Å²) in [5.41, 5.74) is 0.632. The van der Waals surface area contributed by atoms with Crippen molar-refractivity contribution in [3.8, 4) is 5.75 Å². The van der Waals surface area contributed by atoms with Crippen LogP contribution < -0.4 is 4.74 Å². The minimum Gasteiger partial charge on any atom is -0.463 e. The molecule has 0 aromatic heterocycles. The van der Waals surface area contributed by atoms with E-state index in [9.17, 15) is 9.18 Å². The summed E-state index contributed by atoms with van der Waals surface area (Å²) >= 11 is 8.66.